The third-order valence-electron chi connectivity index (χ3n) is 5.28. The Bertz CT molecular complexity index is 810. The van der Waals surface area contributed by atoms with Crippen LogP contribution in [0.2, 0.25) is 5.02 Å². The van der Waals surface area contributed by atoms with E-state index in [-0.39, 0.29) is 5.91 Å². The van der Waals surface area contributed by atoms with Crippen molar-refractivity contribution in [3.63, 3.8) is 0 Å². The predicted molar refractivity (Wildman–Crippen MR) is 104 cm³/mol. The Morgan fingerprint density at radius 3 is 2.62 bits per heavy atom. The van der Waals surface area contributed by atoms with Crippen LogP contribution in [-0.4, -0.2) is 53.6 Å². The number of aromatic nitrogens is 2. The highest BCUT2D eigenvalue weighted by Gasteiger charge is 2.30. The first-order valence-electron chi connectivity index (χ1n) is 9.25. The third kappa shape index (κ3) is 3.03. The fourth-order valence-electron chi connectivity index (χ4n) is 3.88. The molecule has 0 unspecified atom stereocenters. The van der Waals surface area contributed by atoms with Crippen molar-refractivity contribution in [2.45, 2.75) is 25.8 Å². The molecular weight excluding hydrogens is 350 g/mol. The fourth-order valence-corrected chi connectivity index (χ4v) is 4.14. The zero-order chi connectivity index (χ0) is 18.1. The third-order valence-corrected chi connectivity index (χ3v) is 5.60. The minimum atomic E-state index is 0.0776. The predicted octanol–water partition coefficient (Wildman–Crippen LogP) is 2.88. The Morgan fingerprint density at radius 1 is 1.12 bits per heavy atom. The molecule has 4 rings (SSSR count). The molecule has 138 valence electrons. The molecule has 0 radical (unpaired) electrons. The molecule has 1 fully saturated rings. The maximum absolute atomic E-state index is 13.2. The van der Waals surface area contributed by atoms with Crippen LogP contribution < -0.4 is 10.2 Å². The lowest BCUT2D eigenvalue weighted by molar-refractivity contribution is 0.0735. The number of benzene rings is 1. The van der Waals surface area contributed by atoms with Gasteiger partial charge in [0.1, 0.15) is 5.82 Å². The number of carbonyl (C=O) groups excluding carboxylic acids is 1. The Hall–Kier alpha value is -2.21. The smallest absolute Gasteiger partial charge is 0.274 e. The van der Waals surface area contributed by atoms with E-state index in [0.29, 0.717) is 24.6 Å². The number of rotatable bonds is 3. The molecule has 2 aliphatic rings. The van der Waals surface area contributed by atoms with Crippen molar-refractivity contribution >= 4 is 29.0 Å². The number of para-hydroxylation sites is 1. The largest absolute Gasteiger partial charge is 0.371 e. The summed E-state index contributed by atoms with van der Waals surface area (Å²) >= 11 is 6.31. The van der Waals surface area contributed by atoms with Crippen LogP contribution in [0.25, 0.3) is 0 Å². The fraction of sp³-hybridized carbons (Fsp3) is 0.474. The second-order valence-electron chi connectivity index (χ2n) is 6.81. The van der Waals surface area contributed by atoms with Gasteiger partial charge in [-0.15, -0.1) is 0 Å². The van der Waals surface area contributed by atoms with Gasteiger partial charge in [-0.3, -0.25) is 4.79 Å². The van der Waals surface area contributed by atoms with Gasteiger partial charge in [-0.05, 0) is 25.0 Å². The summed E-state index contributed by atoms with van der Waals surface area (Å²) in [6.45, 7) is 3.82. The van der Waals surface area contributed by atoms with Crippen LogP contribution in [0, 0.1) is 0 Å². The van der Waals surface area contributed by atoms with E-state index in [1.807, 2.05) is 36.2 Å². The molecule has 0 bridgehead atoms. The molecule has 1 saturated heterocycles. The van der Waals surface area contributed by atoms with Crippen LogP contribution in [0.5, 0.6) is 0 Å². The highest BCUT2D eigenvalue weighted by Crippen LogP contribution is 2.28. The molecule has 2 aromatic rings. The maximum Gasteiger partial charge on any atom is 0.274 e. The van der Waals surface area contributed by atoms with Crippen molar-refractivity contribution in [1.82, 2.24) is 14.5 Å². The lowest BCUT2D eigenvalue weighted by Crippen LogP contribution is -2.49. The topological polar surface area (TPSA) is 53.4 Å². The molecule has 26 heavy (non-hydrogen) atoms. The van der Waals surface area contributed by atoms with Crippen LogP contribution in [0.15, 0.2) is 24.3 Å². The Kier molecular flexibility index (Phi) is 4.76. The lowest BCUT2D eigenvalue weighted by atomic mass is 10.1. The van der Waals surface area contributed by atoms with Gasteiger partial charge in [0.25, 0.3) is 5.91 Å². The number of anilines is 2. The molecule has 6 nitrogen and oxygen atoms in total. The summed E-state index contributed by atoms with van der Waals surface area (Å²) in [6.07, 6.45) is 3.19. The molecule has 1 aromatic carbocycles. The second-order valence-corrected chi connectivity index (χ2v) is 7.22. The summed E-state index contributed by atoms with van der Waals surface area (Å²) in [5.41, 5.74) is 1.76. The standard InChI is InChI=1S/C19H24ClN5O/c1-21-18-17(25-9-5-4-8-16(25)22-18)19(26)24-12-10-23(11-13-24)15-7-3-2-6-14(15)20/h2-3,6-7,21H,4-5,8-13H2,1H3. The number of piperazine rings is 1. The first kappa shape index (κ1) is 17.2. The summed E-state index contributed by atoms with van der Waals surface area (Å²) in [5.74, 6) is 1.81. The number of hydrogen-bond acceptors (Lipinski definition) is 4. The number of carbonyl (C=O) groups is 1. The van der Waals surface area contributed by atoms with Crippen molar-refractivity contribution in [2.75, 3.05) is 43.4 Å². The van der Waals surface area contributed by atoms with E-state index in [1.165, 1.54) is 0 Å². The van der Waals surface area contributed by atoms with Crippen LogP contribution in [-0.2, 0) is 13.0 Å². The number of imidazole rings is 1. The van der Waals surface area contributed by atoms with E-state index in [9.17, 15) is 4.79 Å². The van der Waals surface area contributed by atoms with E-state index < -0.39 is 0 Å². The van der Waals surface area contributed by atoms with E-state index >= 15 is 0 Å². The number of amides is 1. The van der Waals surface area contributed by atoms with Gasteiger partial charge in [0.05, 0.1) is 10.7 Å². The van der Waals surface area contributed by atoms with Gasteiger partial charge < -0.3 is 19.7 Å². The maximum atomic E-state index is 13.2. The Balaban J connectivity index is 1.51. The zero-order valence-corrected chi connectivity index (χ0v) is 15.8. The highest BCUT2D eigenvalue weighted by atomic mass is 35.5. The van der Waals surface area contributed by atoms with Gasteiger partial charge in [-0.2, -0.15) is 0 Å². The first-order valence-corrected chi connectivity index (χ1v) is 9.62. The number of halogens is 1. The summed E-state index contributed by atoms with van der Waals surface area (Å²) < 4.78 is 2.11. The molecule has 3 heterocycles. The van der Waals surface area contributed by atoms with Crippen molar-refractivity contribution in [1.29, 1.82) is 0 Å². The van der Waals surface area contributed by atoms with Gasteiger partial charge in [0.15, 0.2) is 11.5 Å². The van der Waals surface area contributed by atoms with Gasteiger partial charge in [0, 0.05) is 46.2 Å². The van der Waals surface area contributed by atoms with E-state index in [2.05, 4.69) is 19.8 Å². The normalized spacial score (nSPS) is 17.2. The highest BCUT2D eigenvalue weighted by molar-refractivity contribution is 6.33. The number of aryl methyl sites for hydroxylation is 1. The van der Waals surface area contributed by atoms with E-state index in [1.54, 1.807) is 0 Å². The number of nitrogens with one attached hydrogen (secondary N) is 1. The lowest BCUT2D eigenvalue weighted by Gasteiger charge is -2.36. The van der Waals surface area contributed by atoms with Gasteiger partial charge in [0.2, 0.25) is 0 Å². The average Bonchev–Trinajstić information content (AvgIpc) is 3.06. The zero-order valence-electron chi connectivity index (χ0n) is 15.0. The second kappa shape index (κ2) is 7.19. The quantitative estimate of drug-likeness (QED) is 0.898. The molecule has 1 N–H and O–H groups in total. The summed E-state index contributed by atoms with van der Waals surface area (Å²) in [5, 5.41) is 3.87. The van der Waals surface area contributed by atoms with Crippen LogP contribution in [0.3, 0.4) is 0 Å². The van der Waals surface area contributed by atoms with Gasteiger partial charge in [-0.25, -0.2) is 4.98 Å². The molecule has 0 spiro atoms. The Labute approximate surface area is 158 Å². The first-order chi connectivity index (χ1) is 12.7. The number of nitrogens with zero attached hydrogens (tertiary/aromatic N) is 4. The van der Waals surface area contributed by atoms with Gasteiger partial charge in [-0.1, -0.05) is 23.7 Å². The molecule has 1 aromatic heterocycles. The van der Waals surface area contributed by atoms with Crippen LogP contribution in [0.1, 0.15) is 29.2 Å². The molecule has 2 aliphatic heterocycles. The minimum Gasteiger partial charge on any atom is -0.371 e. The molecule has 7 heteroatoms. The van der Waals surface area contributed by atoms with Crippen molar-refractivity contribution in [3.8, 4) is 0 Å². The summed E-state index contributed by atoms with van der Waals surface area (Å²) in [7, 11) is 1.83. The van der Waals surface area contributed by atoms with Crippen molar-refractivity contribution < 1.29 is 4.79 Å². The van der Waals surface area contributed by atoms with Gasteiger partial charge >= 0.3 is 0 Å². The molecule has 0 atom stereocenters. The number of fused-ring (bicyclic) bond motifs is 1. The SMILES string of the molecule is CNc1nc2n(c1C(=O)N1CCN(c3ccccc3Cl)CC1)CCCC2. The minimum absolute atomic E-state index is 0.0776. The van der Waals surface area contributed by atoms with Crippen molar-refractivity contribution in [2.24, 2.45) is 0 Å². The van der Waals surface area contributed by atoms with Crippen LogP contribution >= 0.6 is 11.6 Å². The number of hydrogen-bond donors (Lipinski definition) is 1. The Morgan fingerprint density at radius 2 is 1.88 bits per heavy atom. The average molecular weight is 374 g/mol. The van der Waals surface area contributed by atoms with E-state index in [4.69, 9.17) is 11.6 Å². The summed E-state index contributed by atoms with van der Waals surface area (Å²) in [6, 6.07) is 7.88. The van der Waals surface area contributed by atoms with Crippen molar-refractivity contribution in [3.05, 3.63) is 40.8 Å². The molecule has 1 amide bonds. The monoisotopic (exact) mass is 373 g/mol. The molecule has 0 saturated carbocycles. The molecular formula is C19H24ClN5O. The summed E-state index contributed by atoms with van der Waals surface area (Å²) in [4.78, 5) is 22.0. The van der Waals surface area contributed by atoms with E-state index in [0.717, 1.165) is 55.4 Å². The molecule has 0 aliphatic carbocycles. The van der Waals surface area contributed by atoms with Crippen LogP contribution in [0.4, 0.5) is 11.5 Å².